The number of ether oxygens (including phenoxy) is 1. The molecule has 1 fully saturated rings. The van der Waals surface area contributed by atoms with Crippen LogP contribution in [0.4, 0.5) is 10.2 Å². The fourth-order valence-electron chi connectivity index (χ4n) is 4.35. The van der Waals surface area contributed by atoms with Crippen molar-refractivity contribution in [2.24, 2.45) is 5.92 Å². The van der Waals surface area contributed by atoms with Crippen molar-refractivity contribution in [2.45, 2.75) is 31.7 Å². The first-order valence-corrected chi connectivity index (χ1v) is 11.0. The molecule has 0 radical (unpaired) electrons. The molecule has 1 aliphatic carbocycles. The van der Waals surface area contributed by atoms with E-state index in [0.717, 1.165) is 35.9 Å². The Morgan fingerprint density at radius 3 is 2.69 bits per heavy atom. The predicted octanol–water partition coefficient (Wildman–Crippen LogP) is 4.75. The summed E-state index contributed by atoms with van der Waals surface area (Å²) in [6.45, 7) is 0.846. The summed E-state index contributed by atoms with van der Waals surface area (Å²) in [4.78, 5) is 0. The van der Waals surface area contributed by atoms with Crippen molar-refractivity contribution in [2.75, 3.05) is 26.0 Å². The summed E-state index contributed by atoms with van der Waals surface area (Å²) in [6, 6.07) is 16.6. The van der Waals surface area contributed by atoms with Gasteiger partial charge < -0.3 is 15.4 Å². The van der Waals surface area contributed by atoms with Crippen LogP contribution in [0.15, 0.2) is 48.5 Å². The molecule has 166 valence electrons. The smallest absolute Gasteiger partial charge is 0.149 e. The first kappa shape index (κ1) is 21.8. The largest absolute Gasteiger partial charge is 0.497 e. The molecule has 0 unspecified atom stereocenters. The molecular formula is C25H28FN5O. The molecule has 0 bridgehead atoms. The molecule has 1 aliphatic rings. The Morgan fingerprint density at radius 1 is 1.19 bits per heavy atom. The van der Waals surface area contributed by atoms with Gasteiger partial charge in [0.15, 0.2) is 0 Å². The van der Waals surface area contributed by atoms with Crippen molar-refractivity contribution >= 4 is 5.82 Å². The maximum absolute atomic E-state index is 14.3. The molecule has 1 heterocycles. The number of halogens is 1. The molecule has 1 saturated carbocycles. The van der Waals surface area contributed by atoms with Crippen LogP contribution in [0.25, 0.3) is 16.9 Å². The van der Waals surface area contributed by atoms with Crippen LogP contribution >= 0.6 is 0 Å². The topological polar surface area (TPSA) is 74.9 Å². The number of aromatic nitrogens is 2. The number of nitriles is 1. The highest BCUT2D eigenvalue weighted by atomic mass is 19.1. The Bertz CT molecular complexity index is 1100. The van der Waals surface area contributed by atoms with Gasteiger partial charge in [0.2, 0.25) is 0 Å². The van der Waals surface area contributed by atoms with Crippen molar-refractivity contribution in [1.29, 1.82) is 5.26 Å². The van der Waals surface area contributed by atoms with Crippen molar-refractivity contribution in [1.82, 2.24) is 15.1 Å². The lowest BCUT2D eigenvalue weighted by molar-refractivity contribution is 0.306. The summed E-state index contributed by atoms with van der Waals surface area (Å²) in [7, 11) is 3.65. The van der Waals surface area contributed by atoms with Crippen LogP contribution in [0, 0.1) is 23.1 Å². The molecule has 4 rings (SSSR count). The van der Waals surface area contributed by atoms with E-state index in [-0.39, 0.29) is 5.56 Å². The van der Waals surface area contributed by atoms with Crippen molar-refractivity contribution < 1.29 is 9.13 Å². The first-order chi connectivity index (χ1) is 15.6. The zero-order valence-electron chi connectivity index (χ0n) is 18.4. The van der Waals surface area contributed by atoms with E-state index in [2.05, 4.69) is 10.6 Å². The number of nitrogens with zero attached hydrogens (tertiary/aromatic N) is 3. The molecule has 0 amide bonds. The summed E-state index contributed by atoms with van der Waals surface area (Å²) in [5.41, 5.74) is 2.27. The second-order valence-corrected chi connectivity index (χ2v) is 8.23. The second kappa shape index (κ2) is 9.84. The van der Waals surface area contributed by atoms with Crippen LogP contribution in [0.2, 0.25) is 0 Å². The summed E-state index contributed by atoms with van der Waals surface area (Å²) in [6.07, 6.45) is 4.82. The van der Waals surface area contributed by atoms with Crippen molar-refractivity contribution in [3.05, 3.63) is 59.9 Å². The number of nitrogens with one attached hydrogen (secondary N) is 2. The molecule has 1 aromatic heterocycles. The van der Waals surface area contributed by atoms with Gasteiger partial charge in [-0.05, 0) is 68.6 Å². The average Bonchev–Trinajstić information content (AvgIpc) is 3.27. The van der Waals surface area contributed by atoms with Gasteiger partial charge in [-0.1, -0.05) is 12.5 Å². The van der Waals surface area contributed by atoms with E-state index in [4.69, 9.17) is 15.1 Å². The highest BCUT2D eigenvalue weighted by Gasteiger charge is 2.21. The monoisotopic (exact) mass is 433 g/mol. The Hall–Kier alpha value is -3.37. The quantitative estimate of drug-likeness (QED) is 0.563. The number of methoxy groups -OCH3 is 1. The number of benzene rings is 2. The van der Waals surface area contributed by atoms with Gasteiger partial charge in [0.1, 0.15) is 23.5 Å². The third-order valence-electron chi connectivity index (χ3n) is 6.17. The van der Waals surface area contributed by atoms with Crippen LogP contribution in [0.1, 0.15) is 31.2 Å². The van der Waals surface area contributed by atoms with Gasteiger partial charge in [-0.2, -0.15) is 5.26 Å². The second-order valence-electron chi connectivity index (χ2n) is 8.23. The van der Waals surface area contributed by atoms with Gasteiger partial charge in [-0.3, -0.25) is 0 Å². The fourth-order valence-corrected chi connectivity index (χ4v) is 4.35. The zero-order chi connectivity index (χ0) is 22.5. The van der Waals surface area contributed by atoms with Crippen LogP contribution in [-0.2, 0) is 0 Å². The maximum atomic E-state index is 14.3. The van der Waals surface area contributed by atoms with E-state index in [0.29, 0.717) is 17.5 Å². The molecule has 7 heteroatoms. The molecule has 2 aromatic carbocycles. The molecule has 6 nitrogen and oxygen atoms in total. The number of rotatable bonds is 7. The minimum atomic E-state index is -0.540. The van der Waals surface area contributed by atoms with Gasteiger partial charge in [-0.15, -0.1) is 5.10 Å². The minimum Gasteiger partial charge on any atom is -0.497 e. The predicted molar refractivity (Wildman–Crippen MR) is 124 cm³/mol. The van der Waals surface area contributed by atoms with Crippen LogP contribution in [0.3, 0.4) is 0 Å². The normalized spacial score (nSPS) is 18.2. The van der Waals surface area contributed by atoms with E-state index >= 15 is 0 Å². The summed E-state index contributed by atoms with van der Waals surface area (Å²) in [5, 5.41) is 20.7. The SMILES string of the molecule is CN[C@H]1CCC[C@H](CNc2cc(-c3ccc(C#N)c(F)c3)n(-c3ccc(OC)cc3)n2)C1. The van der Waals surface area contributed by atoms with Crippen molar-refractivity contribution in [3.8, 4) is 28.8 Å². The third-order valence-corrected chi connectivity index (χ3v) is 6.17. The standard InChI is InChI=1S/C25H28FN5O/c1-28-20-5-3-4-17(12-20)16-29-25-14-24(18-6-7-19(15-27)23(26)13-18)31(30-25)21-8-10-22(32-2)11-9-21/h6-11,13-14,17,20,28H,3-5,12,16H2,1-2H3,(H,29,30)/t17-,20-/m0/s1. The lowest BCUT2D eigenvalue weighted by atomic mass is 9.86. The van der Waals surface area contributed by atoms with E-state index in [1.807, 2.05) is 43.4 Å². The molecular weight excluding hydrogens is 405 g/mol. The Balaban J connectivity index is 1.63. The van der Waals surface area contributed by atoms with Crippen LogP contribution < -0.4 is 15.4 Å². The van der Waals surface area contributed by atoms with Crippen LogP contribution in [0.5, 0.6) is 5.75 Å². The minimum absolute atomic E-state index is 0.0268. The average molecular weight is 434 g/mol. The Labute approximate surface area is 188 Å². The molecule has 0 saturated heterocycles. The number of anilines is 1. The summed E-state index contributed by atoms with van der Waals surface area (Å²) >= 11 is 0. The van der Waals surface area contributed by atoms with Crippen LogP contribution in [-0.4, -0.2) is 36.5 Å². The van der Waals surface area contributed by atoms with Gasteiger partial charge in [0, 0.05) is 24.2 Å². The molecule has 2 atom stereocenters. The fraction of sp³-hybridized carbons (Fsp3) is 0.360. The Kier molecular flexibility index (Phi) is 6.72. The summed E-state index contributed by atoms with van der Waals surface area (Å²) in [5.74, 6) is 1.54. The van der Waals surface area contributed by atoms with Gasteiger partial charge >= 0.3 is 0 Å². The highest BCUT2D eigenvalue weighted by molar-refractivity contribution is 5.67. The van der Waals surface area contributed by atoms with E-state index in [1.54, 1.807) is 17.9 Å². The molecule has 2 N–H and O–H groups in total. The zero-order valence-corrected chi connectivity index (χ0v) is 18.4. The molecule has 3 aromatic rings. The van der Waals surface area contributed by atoms with E-state index in [1.165, 1.54) is 31.4 Å². The number of hydrogen-bond donors (Lipinski definition) is 2. The van der Waals surface area contributed by atoms with Gasteiger partial charge in [0.05, 0.1) is 24.1 Å². The van der Waals surface area contributed by atoms with Gasteiger partial charge in [0.25, 0.3) is 0 Å². The van der Waals surface area contributed by atoms with E-state index < -0.39 is 5.82 Å². The first-order valence-electron chi connectivity index (χ1n) is 11.0. The molecule has 0 aliphatic heterocycles. The highest BCUT2D eigenvalue weighted by Crippen LogP contribution is 2.29. The Morgan fingerprint density at radius 2 is 2.00 bits per heavy atom. The summed E-state index contributed by atoms with van der Waals surface area (Å²) < 4.78 is 21.4. The molecule has 0 spiro atoms. The van der Waals surface area contributed by atoms with Crippen molar-refractivity contribution in [3.63, 3.8) is 0 Å². The molecule has 32 heavy (non-hydrogen) atoms. The number of hydrogen-bond acceptors (Lipinski definition) is 5. The lowest BCUT2D eigenvalue weighted by Crippen LogP contribution is -2.33. The third kappa shape index (κ3) is 4.76. The van der Waals surface area contributed by atoms with Gasteiger partial charge in [-0.25, -0.2) is 9.07 Å². The van der Waals surface area contributed by atoms with E-state index in [9.17, 15) is 4.39 Å². The lowest BCUT2D eigenvalue weighted by Gasteiger charge is -2.28. The maximum Gasteiger partial charge on any atom is 0.149 e.